The van der Waals surface area contributed by atoms with Crippen molar-refractivity contribution in [2.75, 3.05) is 19.7 Å². The molecule has 1 atom stereocenters. The van der Waals surface area contributed by atoms with E-state index in [1.165, 1.54) is 11.3 Å². The van der Waals surface area contributed by atoms with Crippen LogP contribution in [0.1, 0.15) is 51.4 Å². The molecule has 8 heteroatoms. The SMILES string of the molecule is Cc1ncsc1C(=O)N1CCOC(c2cc(C(=O)NC(C)C)c3ccccc3n2)C1. The first-order valence-electron chi connectivity index (χ1n) is 9.95. The molecular weight excluding hydrogens is 400 g/mol. The minimum absolute atomic E-state index is 0.0227. The number of amides is 2. The molecule has 2 amide bonds. The highest BCUT2D eigenvalue weighted by atomic mass is 32.1. The largest absolute Gasteiger partial charge is 0.368 e. The van der Waals surface area contributed by atoms with E-state index < -0.39 is 6.10 Å². The van der Waals surface area contributed by atoms with Crippen LogP contribution in [0.15, 0.2) is 35.8 Å². The third-order valence-electron chi connectivity index (χ3n) is 5.02. The van der Waals surface area contributed by atoms with Gasteiger partial charge >= 0.3 is 0 Å². The zero-order valence-electron chi connectivity index (χ0n) is 17.2. The lowest BCUT2D eigenvalue weighted by Crippen LogP contribution is -2.42. The summed E-state index contributed by atoms with van der Waals surface area (Å²) in [6.07, 6.45) is -0.397. The van der Waals surface area contributed by atoms with Crippen molar-refractivity contribution < 1.29 is 14.3 Å². The zero-order chi connectivity index (χ0) is 21.3. The lowest BCUT2D eigenvalue weighted by Gasteiger charge is -2.32. The van der Waals surface area contributed by atoms with E-state index in [0.29, 0.717) is 35.8 Å². The monoisotopic (exact) mass is 424 g/mol. The highest BCUT2D eigenvalue weighted by molar-refractivity contribution is 7.11. The maximum atomic E-state index is 12.9. The number of ether oxygens (including phenoxy) is 1. The quantitative estimate of drug-likeness (QED) is 0.694. The molecule has 1 unspecified atom stereocenters. The number of pyridine rings is 1. The van der Waals surface area contributed by atoms with Gasteiger partial charge in [-0.25, -0.2) is 9.97 Å². The molecule has 0 spiro atoms. The van der Waals surface area contributed by atoms with Crippen molar-refractivity contribution >= 4 is 34.1 Å². The van der Waals surface area contributed by atoms with Gasteiger partial charge < -0.3 is 15.0 Å². The van der Waals surface area contributed by atoms with Crippen molar-refractivity contribution in [2.45, 2.75) is 32.9 Å². The van der Waals surface area contributed by atoms with Crippen molar-refractivity contribution in [2.24, 2.45) is 0 Å². The summed E-state index contributed by atoms with van der Waals surface area (Å²) in [4.78, 5) is 37.1. The Morgan fingerprint density at radius 2 is 2.10 bits per heavy atom. The van der Waals surface area contributed by atoms with Gasteiger partial charge in [0.25, 0.3) is 11.8 Å². The summed E-state index contributed by atoms with van der Waals surface area (Å²) in [5.74, 6) is -0.184. The summed E-state index contributed by atoms with van der Waals surface area (Å²) < 4.78 is 5.96. The van der Waals surface area contributed by atoms with Gasteiger partial charge in [0.05, 0.1) is 41.1 Å². The molecular formula is C22H24N4O3S. The summed E-state index contributed by atoms with van der Waals surface area (Å²) >= 11 is 1.35. The van der Waals surface area contributed by atoms with Crippen LogP contribution in [0.3, 0.4) is 0 Å². The van der Waals surface area contributed by atoms with Crippen molar-refractivity contribution in [1.29, 1.82) is 0 Å². The van der Waals surface area contributed by atoms with Crippen molar-refractivity contribution in [3.8, 4) is 0 Å². The average molecular weight is 425 g/mol. The van der Waals surface area contributed by atoms with Crippen molar-refractivity contribution in [3.63, 3.8) is 0 Å². The number of aromatic nitrogens is 2. The van der Waals surface area contributed by atoms with Crippen LogP contribution in [0.25, 0.3) is 10.9 Å². The molecule has 3 aromatic rings. The first kappa shape index (κ1) is 20.4. The second-order valence-electron chi connectivity index (χ2n) is 7.62. The van der Waals surface area contributed by atoms with E-state index in [9.17, 15) is 9.59 Å². The summed E-state index contributed by atoms with van der Waals surface area (Å²) in [6.45, 7) is 7.00. The number of morpholine rings is 1. The fourth-order valence-electron chi connectivity index (χ4n) is 3.55. The fraction of sp³-hybridized carbons (Fsp3) is 0.364. The Morgan fingerprint density at radius 1 is 1.30 bits per heavy atom. The number of benzene rings is 1. The van der Waals surface area contributed by atoms with Gasteiger partial charge in [0.2, 0.25) is 0 Å². The summed E-state index contributed by atoms with van der Waals surface area (Å²) in [6, 6.07) is 9.38. The molecule has 1 aliphatic heterocycles. The lowest BCUT2D eigenvalue weighted by molar-refractivity contribution is -0.0244. The van der Waals surface area contributed by atoms with Crippen LogP contribution in [-0.2, 0) is 4.74 Å². The van der Waals surface area contributed by atoms with E-state index in [-0.39, 0.29) is 17.9 Å². The molecule has 30 heavy (non-hydrogen) atoms. The maximum Gasteiger partial charge on any atom is 0.266 e. The molecule has 2 aromatic heterocycles. The predicted molar refractivity (Wildman–Crippen MR) is 116 cm³/mol. The Hall–Kier alpha value is -2.84. The predicted octanol–water partition coefficient (Wildman–Crippen LogP) is 3.35. The molecule has 1 fully saturated rings. The number of nitrogens with one attached hydrogen (secondary N) is 1. The molecule has 0 radical (unpaired) electrons. The number of thiazole rings is 1. The standard InChI is InChI=1S/C22H24N4O3S/c1-13(2)24-21(27)16-10-18(25-17-7-5-4-6-15(16)17)19-11-26(8-9-29-19)22(28)20-14(3)23-12-30-20/h4-7,10,12-13,19H,8-9,11H2,1-3H3,(H,24,27). The highest BCUT2D eigenvalue weighted by Gasteiger charge is 2.29. The fourth-order valence-corrected chi connectivity index (χ4v) is 4.32. The van der Waals surface area contributed by atoms with Gasteiger partial charge in [0, 0.05) is 18.0 Å². The molecule has 0 bridgehead atoms. The van der Waals surface area contributed by atoms with Gasteiger partial charge in [0.1, 0.15) is 11.0 Å². The number of aryl methyl sites for hydroxylation is 1. The first-order valence-corrected chi connectivity index (χ1v) is 10.8. The first-order chi connectivity index (χ1) is 14.4. The average Bonchev–Trinajstić information content (AvgIpc) is 3.17. The number of carbonyl (C=O) groups excluding carboxylic acids is 2. The Labute approximate surface area is 179 Å². The molecule has 0 aliphatic carbocycles. The molecule has 156 valence electrons. The van der Waals surface area contributed by atoms with Crippen LogP contribution < -0.4 is 5.32 Å². The van der Waals surface area contributed by atoms with E-state index in [0.717, 1.165) is 16.6 Å². The number of hydrogen-bond donors (Lipinski definition) is 1. The second kappa shape index (κ2) is 8.49. The number of carbonyl (C=O) groups is 2. The topological polar surface area (TPSA) is 84.4 Å². The van der Waals surface area contributed by atoms with E-state index >= 15 is 0 Å². The van der Waals surface area contributed by atoms with Gasteiger partial charge in [-0.1, -0.05) is 18.2 Å². The molecule has 3 heterocycles. The van der Waals surface area contributed by atoms with Crippen molar-refractivity contribution in [3.05, 3.63) is 57.7 Å². The number of hydrogen-bond acceptors (Lipinski definition) is 6. The summed E-state index contributed by atoms with van der Waals surface area (Å²) in [5.41, 5.74) is 4.37. The van der Waals surface area contributed by atoms with Gasteiger partial charge in [-0.3, -0.25) is 9.59 Å². The minimum Gasteiger partial charge on any atom is -0.368 e. The third-order valence-corrected chi connectivity index (χ3v) is 5.94. The van der Waals surface area contributed by atoms with Crippen LogP contribution in [0.2, 0.25) is 0 Å². The second-order valence-corrected chi connectivity index (χ2v) is 8.47. The third kappa shape index (κ3) is 4.06. The van der Waals surface area contributed by atoms with Gasteiger partial charge in [0.15, 0.2) is 0 Å². The summed E-state index contributed by atoms with van der Waals surface area (Å²) in [5, 5.41) is 3.75. The van der Waals surface area contributed by atoms with Crippen LogP contribution in [-0.4, -0.2) is 52.4 Å². The van der Waals surface area contributed by atoms with Crippen LogP contribution >= 0.6 is 11.3 Å². The summed E-state index contributed by atoms with van der Waals surface area (Å²) in [7, 11) is 0. The molecule has 1 saturated heterocycles. The molecule has 7 nitrogen and oxygen atoms in total. The zero-order valence-corrected chi connectivity index (χ0v) is 18.0. The number of nitrogens with zero attached hydrogens (tertiary/aromatic N) is 3. The smallest absolute Gasteiger partial charge is 0.266 e. The van der Waals surface area contributed by atoms with E-state index in [1.807, 2.05) is 45.0 Å². The Bertz CT molecular complexity index is 1090. The van der Waals surface area contributed by atoms with E-state index in [1.54, 1.807) is 16.5 Å². The molecule has 0 saturated carbocycles. The van der Waals surface area contributed by atoms with Crippen LogP contribution in [0, 0.1) is 6.92 Å². The number of para-hydroxylation sites is 1. The van der Waals surface area contributed by atoms with Gasteiger partial charge in [-0.2, -0.15) is 0 Å². The minimum atomic E-state index is -0.397. The molecule has 1 N–H and O–H groups in total. The van der Waals surface area contributed by atoms with E-state index in [2.05, 4.69) is 10.3 Å². The highest BCUT2D eigenvalue weighted by Crippen LogP contribution is 2.27. The Morgan fingerprint density at radius 3 is 2.83 bits per heavy atom. The van der Waals surface area contributed by atoms with Gasteiger partial charge in [-0.15, -0.1) is 11.3 Å². The number of fused-ring (bicyclic) bond motifs is 1. The molecule has 1 aliphatic rings. The Kier molecular flexibility index (Phi) is 5.78. The molecule has 4 rings (SSSR count). The maximum absolute atomic E-state index is 12.9. The Balaban J connectivity index is 1.66. The van der Waals surface area contributed by atoms with Crippen molar-refractivity contribution in [1.82, 2.24) is 20.2 Å². The van der Waals surface area contributed by atoms with Crippen LogP contribution in [0.4, 0.5) is 0 Å². The molecule has 1 aromatic carbocycles. The van der Waals surface area contributed by atoms with Gasteiger partial charge in [-0.05, 0) is 32.9 Å². The van der Waals surface area contributed by atoms with Crippen LogP contribution in [0.5, 0.6) is 0 Å². The lowest BCUT2D eigenvalue weighted by atomic mass is 10.0. The normalized spacial score (nSPS) is 16.8. The number of rotatable bonds is 4. The van der Waals surface area contributed by atoms with E-state index in [4.69, 9.17) is 9.72 Å².